The van der Waals surface area contributed by atoms with Gasteiger partial charge >= 0.3 is 5.97 Å². The quantitative estimate of drug-likeness (QED) is 0.604. The van der Waals surface area contributed by atoms with Crippen LogP contribution in [-0.2, 0) is 9.53 Å². The number of ketones is 1. The Labute approximate surface area is 142 Å². The zero-order valence-corrected chi connectivity index (χ0v) is 14.0. The number of benzene rings is 2. The number of esters is 1. The van der Waals surface area contributed by atoms with Gasteiger partial charge < -0.3 is 4.74 Å². The summed E-state index contributed by atoms with van der Waals surface area (Å²) >= 11 is 0. The lowest BCUT2D eigenvalue weighted by Crippen LogP contribution is -2.10. The van der Waals surface area contributed by atoms with Crippen molar-refractivity contribution in [3.8, 4) is 11.1 Å². The predicted molar refractivity (Wildman–Crippen MR) is 94.1 cm³/mol. The Bertz CT molecular complexity index is 714. The van der Waals surface area contributed by atoms with Gasteiger partial charge in [-0.05, 0) is 41.7 Å². The number of rotatable bonds is 3. The number of carbonyl (C=O) groups is 2. The molecule has 1 fully saturated rings. The normalized spacial score (nSPS) is 18.0. The van der Waals surface area contributed by atoms with Gasteiger partial charge in [0.05, 0.1) is 12.7 Å². The summed E-state index contributed by atoms with van der Waals surface area (Å²) in [4.78, 5) is 23.7. The van der Waals surface area contributed by atoms with Gasteiger partial charge in [-0.2, -0.15) is 0 Å². The molecule has 1 aliphatic carbocycles. The summed E-state index contributed by atoms with van der Waals surface area (Å²) in [6.07, 6.45) is 4.99. The van der Waals surface area contributed by atoms with Crippen LogP contribution in [-0.4, -0.2) is 18.9 Å². The van der Waals surface area contributed by atoms with Gasteiger partial charge in [-0.3, -0.25) is 4.79 Å². The van der Waals surface area contributed by atoms with Crippen LogP contribution in [0.25, 0.3) is 11.1 Å². The molecular formula is C21H22O3. The first-order chi connectivity index (χ1) is 11.7. The van der Waals surface area contributed by atoms with Crippen LogP contribution < -0.4 is 0 Å². The highest BCUT2D eigenvalue weighted by molar-refractivity contribution is 5.90. The average molecular weight is 322 g/mol. The van der Waals surface area contributed by atoms with Gasteiger partial charge in [-0.25, -0.2) is 4.79 Å². The van der Waals surface area contributed by atoms with Gasteiger partial charge in [0.2, 0.25) is 0 Å². The molecule has 3 nitrogen and oxygen atoms in total. The van der Waals surface area contributed by atoms with E-state index in [9.17, 15) is 9.59 Å². The second-order valence-electron chi connectivity index (χ2n) is 6.31. The predicted octanol–water partition coefficient (Wildman–Crippen LogP) is 4.76. The third-order valence-corrected chi connectivity index (χ3v) is 4.76. The third-order valence-electron chi connectivity index (χ3n) is 4.76. The smallest absolute Gasteiger partial charge is 0.337 e. The fourth-order valence-corrected chi connectivity index (χ4v) is 3.34. The molecule has 1 unspecified atom stereocenters. The summed E-state index contributed by atoms with van der Waals surface area (Å²) in [5.74, 6) is 0.106. The SMILES string of the molecule is COC(=O)c1ccc(-c2ccc(C3CCCCCC3=O)cc2)cc1. The number of hydrogen-bond donors (Lipinski definition) is 0. The van der Waals surface area contributed by atoms with Crippen molar-refractivity contribution in [1.29, 1.82) is 0 Å². The summed E-state index contributed by atoms with van der Waals surface area (Å²) in [6.45, 7) is 0. The lowest BCUT2D eigenvalue weighted by Gasteiger charge is -2.14. The van der Waals surface area contributed by atoms with Gasteiger partial charge in [0.15, 0.2) is 0 Å². The molecule has 124 valence electrons. The van der Waals surface area contributed by atoms with Gasteiger partial charge in [0, 0.05) is 12.3 Å². The van der Waals surface area contributed by atoms with E-state index in [1.54, 1.807) is 12.1 Å². The molecule has 2 aromatic carbocycles. The highest BCUT2D eigenvalue weighted by Crippen LogP contribution is 2.30. The van der Waals surface area contributed by atoms with Crippen molar-refractivity contribution < 1.29 is 14.3 Å². The summed E-state index contributed by atoms with van der Waals surface area (Å²) < 4.78 is 4.71. The molecule has 1 atom stereocenters. The fraction of sp³-hybridized carbons (Fsp3) is 0.333. The monoisotopic (exact) mass is 322 g/mol. The van der Waals surface area contributed by atoms with E-state index in [0.717, 1.165) is 42.4 Å². The minimum atomic E-state index is -0.330. The van der Waals surface area contributed by atoms with Crippen LogP contribution in [0.5, 0.6) is 0 Å². The zero-order valence-electron chi connectivity index (χ0n) is 14.0. The molecule has 0 spiro atoms. The summed E-state index contributed by atoms with van der Waals surface area (Å²) in [7, 11) is 1.38. The molecule has 3 rings (SSSR count). The van der Waals surface area contributed by atoms with E-state index in [2.05, 4.69) is 24.3 Å². The molecule has 2 aromatic rings. The maximum Gasteiger partial charge on any atom is 0.337 e. The van der Waals surface area contributed by atoms with Gasteiger partial charge in [0.1, 0.15) is 5.78 Å². The fourth-order valence-electron chi connectivity index (χ4n) is 3.34. The first-order valence-corrected chi connectivity index (χ1v) is 8.50. The lowest BCUT2D eigenvalue weighted by atomic mass is 9.89. The van der Waals surface area contributed by atoms with E-state index in [1.807, 2.05) is 12.1 Å². The largest absolute Gasteiger partial charge is 0.465 e. The zero-order chi connectivity index (χ0) is 16.9. The van der Waals surface area contributed by atoms with E-state index >= 15 is 0 Å². The molecule has 0 aromatic heterocycles. The molecule has 0 saturated heterocycles. The van der Waals surface area contributed by atoms with E-state index in [1.165, 1.54) is 7.11 Å². The average Bonchev–Trinajstić information content (AvgIpc) is 2.86. The van der Waals surface area contributed by atoms with E-state index < -0.39 is 0 Å². The topological polar surface area (TPSA) is 43.4 Å². The molecule has 1 aliphatic rings. The maximum atomic E-state index is 12.3. The van der Waals surface area contributed by atoms with Crippen molar-refractivity contribution in [3.63, 3.8) is 0 Å². The van der Waals surface area contributed by atoms with Crippen molar-refractivity contribution in [2.24, 2.45) is 0 Å². The number of methoxy groups -OCH3 is 1. The third kappa shape index (κ3) is 3.56. The Morgan fingerprint density at radius 1 is 0.917 bits per heavy atom. The van der Waals surface area contributed by atoms with E-state index in [0.29, 0.717) is 17.8 Å². The molecule has 0 bridgehead atoms. The van der Waals surface area contributed by atoms with E-state index in [-0.39, 0.29) is 11.9 Å². The van der Waals surface area contributed by atoms with Crippen LogP contribution in [0, 0.1) is 0 Å². The van der Waals surface area contributed by atoms with Crippen LogP contribution >= 0.6 is 0 Å². The second-order valence-corrected chi connectivity index (χ2v) is 6.31. The van der Waals surface area contributed by atoms with Crippen molar-refractivity contribution in [2.75, 3.05) is 7.11 Å². The highest BCUT2D eigenvalue weighted by atomic mass is 16.5. The first-order valence-electron chi connectivity index (χ1n) is 8.50. The summed E-state index contributed by atoms with van der Waals surface area (Å²) in [5, 5.41) is 0. The number of hydrogen-bond acceptors (Lipinski definition) is 3. The van der Waals surface area contributed by atoms with Crippen LogP contribution in [0.15, 0.2) is 48.5 Å². The number of ether oxygens (including phenoxy) is 1. The summed E-state index contributed by atoms with van der Waals surface area (Å²) in [6, 6.07) is 15.6. The molecular weight excluding hydrogens is 300 g/mol. The maximum absolute atomic E-state index is 12.3. The van der Waals surface area contributed by atoms with Crippen molar-refractivity contribution in [2.45, 2.75) is 38.0 Å². The molecule has 3 heteroatoms. The highest BCUT2D eigenvalue weighted by Gasteiger charge is 2.22. The Kier molecular flexibility index (Phi) is 5.09. The van der Waals surface area contributed by atoms with E-state index in [4.69, 9.17) is 4.74 Å². The Balaban J connectivity index is 1.79. The minimum Gasteiger partial charge on any atom is -0.465 e. The van der Waals surface area contributed by atoms with Crippen LogP contribution in [0.2, 0.25) is 0 Å². The lowest BCUT2D eigenvalue weighted by molar-refractivity contribution is -0.120. The van der Waals surface area contributed by atoms with Crippen LogP contribution in [0.4, 0.5) is 0 Å². The molecule has 1 saturated carbocycles. The van der Waals surface area contributed by atoms with Gasteiger partial charge in [0.25, 0.3) is 0 Å². The van der Waals surface area contributed by atoms with Crippen LogP contribution in [0.1, 0.15) is 53.9 Å². The van der Waals surface area contributed by atoms with Crippen LogP contribution in [0.3, 0.4) is 0 Å². The molecule has 0 radical (unpaired) electrons. The Morgan fingerprint density at radius 2 is 1.54 bits per heavy atom. The van der Waals surface area contributed by atoms with Gasteiger partial charge in [-0.15, -0.1) is 0 Å². The van der Waals surface area contributed by atoms with Gasteiger partial charge in [-0.1, -0.05) is 49.2 Å². The Morgan fingerprint density at radius 3 is 2.17 bits per heavy atom. The van der Waals surface area contributed by atoms with Crippen molar-refractivity contribution >= 4 is 11.8 Å². The first kappa shape index (κ1) is 16.4. The molecule has 0 heterocycles. The Hall–Kier alpha value is -2.42. The molecule has 24 heavy (non-hydrogen) atoms. The number of carbonyl (C=O) groups excluding carboxylic acids is 2. The summed E-state index contributed by atoms with van der Waals surface area (Å²) in [5.41, 5.74) is 3.79. The molecule has 0 aliphatic heterocycles. The minimum absolute atomic E-state index is 0.0586. The second kappa shape index (κ2) is 7.43. The standard InChI is InChI=1S/C21H22O3/c1-24-21(23)18-13-9-16(10-14-18)15-7-11-17(12-8-15)19-5-3-2-4-6-20(19)22/h7-14,19H,2-6H2,1H3. The molecule has 0 amide bonds. The molecule has 0 N–H and O–H groups in total. The van der Waals surface area contributed by atoms with Crippen molar-refractivity contribution in [1.82, 2.24) is 0 Å². The van der Waals surface area contributed by atoms with Crippen molar-refractivity contribution in [3.05, 3.63) is 59.7 Å². The number of Topliss-reactive ketones (excluding diaryl/α,β-unsaturated/α-hetero) is 1.